The molecule has 0 saturated carbocycles. The number of carbonyl (C=O) groups is 2. The SMILES string of the molecule is CCOC(=O)N(C)c1ccc(Cn2c(C)nc3ccc(-c4cccc(C(=O)O)c4)cc32)c(Cl)c1. The highest BCUT2D eigenvalue weighted by atomic mass is 35.5. The van der Waals surface area contributed by atoms with Crippen molar-refractivity contribution in [2.45, 2.75) is 20.4 Å². The van der Waals surface area contributed by atoms with Crippen LogP contribution in [-0.2, 0) is 11.3 Å². The van der Waals surface area contributed by atoms with E-state index in [4.69, 9.17) is 16.3 Å². The highest BCUT2D eigenvalue weighted by Crippen LogP contribution is 2.29. The maximum absolute atomic E-state index is 12.0. The van der Waals surface area contributed by atoms with E-state index in [-0.39, 0.29) is 5.56 Å². The van der Waals surface area contributed by atoms with E-state index < -0.39 is 12.1 Å². The van der Waals surface area contributed by atoms with Crippen LogP contribution in [0.3, 0.4) is 0 Å². The predicted octanol–water partition coefficient (Wildman–Crippen LogP) is 6.00. The Labute approximate surface area is 202 Å². The first-order valence-corrected chi connectivity index (χ1v) is 11.2. The highest BCUT2D eigenvalue weighted by Gasteiger charge is 2.15. The van der Waals surface area contributed by atoms with E-state index in [1.807, 2.05) is 43.3 Å². The molecule has 0 aliphatic heterocycles. The number of hydrogen-bond donors (Lipinski definition) is 1. The zero-order chi connectivity index (χ0) is 24.4. The number of imidazole rings is 1. The lowest BCUT2D eigenvalue weighted by Gasteiger charge is -2.18. The van der Waals surface area contributed by atoms with Gasteiger partial charge >= 0.3 is 12.1 Å². The van der Waals surface area contributed by atoms with Crippen molar-refractivity contribution in [2.24, 2.45) is 0 Å². The van der Waals surface area contributed by atoms with Gasteiger partial charge in [-0.1, -0.05) is 35.9 Å². The molecular weight excluding hydrogens is 454 g/mol. The fraction of sp³-hybridized carbons (Fsp3) is 0.192. The molecule has 4 aromatic rings. The fourth-order valence-corrected chi connectivity index (χ4v) is 4.06. The number of rotatable bonds is 6. The molecule has 34 heavy (non-hydrogen) atoms. The summed E-state index contributed by atoms with van der Waals surface area (Å²) in [5, 5.41) is 9.85. The number of benzene rings is 3. The van der Waals surface area contributed by atoms with E-state index in [2.05, 4.69) is 9.55 Å². The number of aromatic nitrogens is 2. The summed E-state index contributed by atoms with van der Waals surface area (Å²) in [4.78, 5) is 29.5. The maximum Gasteiger partial charge on any atom is 0.413 e. The van der Waals surface area contributed by atoms with Gasteiger partial charge in [0.1, 0.15) is 5.82 Å². The number of halogens is 1. The predicted molar refractivity (Wildman–Crippen MR) is 133 cm³/mol. The molecule has 0 atom stereocenters. The van der Waals surface area contributed by atoms with Crippen LogP contribution in [0.5, 0.6) is 0 Å². The summed E-state index contributed by atoms with van der Waals surface area (Å²) in [5.74, 6) is -0.134. The van der Waals surface area contributed by atoms with Gasteiger partial charge in [0.2, 0.25) is 0 Å². The summed E-state index contributed by atoms with van der Waals surface area (Å²) in [5.41, 5.74) is 5.22. The van der Waals surface area contributed by atoms with Gasteiger partial charge in [-0.15, -0.1) is 0 Å². The second-order valence-electron chi connectivity index (χ2n) is 7.87. The van der Waals surface area contributed by atoms with E-state index in [1.165, 1.54) is 4.90 Å². The Hall–Kier alpha value is -3.84. The molecule has 0 spiro atoms. The Kier molecular flexibility index (Phi) is 6.56. The quantitative estimate of drug-likeness (QED) is 0.368. The number of carboxylic acid groups (broad SMARTS) is 1. The molecule has 1 amide bonds. The van der Waals surface area contributed by atoms with Crippen molar-refractivity contribution in [3.05, 3.63) is 82.6 Å². The molecule has 1 N–H and O–H groups in total. The summed E-state index contributed by atoms with van der Waals surface area (Å²) in [6.07, 6.45) is -0.442. The van der Waals surface area contributed by atoms with Gasteiger partial charge in [-0.3, -0.25) is 4.90 Å². The third-order valence-corrected chi connectivity index (χ3v) is 6.03. The zero-order valence-electron chi connectivity index (χ0n) is 19.1. The first kappa shape index (κ1) is 23.3. The minimum atomic E-state index is -0.962. The normalized spacial score (nSPS) is 10.9. The van der Waals surface area contributed by atoms with Crippen LogP contribution in [0, 0.1) is 6.92 Å². The van der Waals surface area contributed by atoms with E-state index in [0.29, 0.717) is 23.9 Å². The highest BCUT2D eigenvalue weighted by molar-refractivity contribution is 6.31. The van der Waals surface area contributed by atoms with E-state index in [9.17, 15) is 14.7 Å². The van der Waals surface area contributed by atoms with Crippen molar-refractivity contribution in [3.63, 3.8) is 0 Å². The third-order valence-electron chi connectivity index (χ3n) is 5.68. The number of ether oxygens (including phenoxy) is 1. The molecule has 4 rings (SSSR count). The molecule has 7 nitrogen and oxygen atoms in total. The van der Waals surface area contributed by atoms with Crippen molar-refractivity contribution in [2.75, 3.05) is 18.6 Å². The van der Waals surface area contributed by atoms with Crippen LogP contribution in [0.15, 0.2) is 60.7 Å². The zero-order valence-corrected chi connectivity index (χ0v) is 19.8. The average molecular weight is 478 g/mol. The van der Waals surface area contributed by atoms with Crippen LogP contribution in [0.25, 0.3) is 22.2 Å². The van der Waals surface area contributed by atoms with Crippen molar-refractivity contribution in [3.8, 4) is 11.1 Å². The number of fused-ring (bicyclic) bond motifs is 1. The molecule has 1 aromatic heterocycles. The molecule has 174 valence electrons. The minimum absolute atomic E-state index is 0.238. The number of carbonyl (C=O) groups excluding carboxylic acids is 1. The van der Waals surface area contributed by atoms with Crippen LogP contribution < -0.4 is 4.90 Å². The smallest absolute Gasteiger partial charge is 0.413 e. The van der Waals surface area contributed by atoms with Crippen LogP contribution in [0.1, 0.15) is 28.7 Å². The van der Waals surface area contributed by atoms with E-state index in [0.717, 1.165) is 33.5 Å². The summed E-state index contributed by atoms with van der Waals surface area (Å²) in [6, 6.07) is 18.2. The molecule has 8 heteroatoms. The molecule has 0 radical (unpaired) electrons. The van der Waals surface area contributed by atoms with Crippen molar-refractivity contribution in [1.82, 2.24) is 9.55 Å². The van der Waals surface area contributed by atoms with Crippen molar-refractivity contribution in [1.29, 1.82) is 0 Å². The second-order valence-corrected chi connectivity index (χ2v) is 8.28. The van der Waals surface area contributed by atoms with Crippen LogP contribution in [-0.4, -0.2) is 40.4 Å². The number of aryl methyl sites for hydroxylation is 1. The average Bonchev–Trinajstić information content (AvgIpc) is 3.14. The van der Waals surface area contributed by atoms with Gasteiger partial charge in [0, 0.05) is 17.8 Å². The number of anilines is 1. The van der Waals surface area contributed by atoms with Crippen LogP contribution in [0.2, 0.25) is 5.02 Å². The Morgan fingerprint density at radius 2 is 1.85 bits per heavy atom. The monoisotopic (exact) mass is 477 g/mol. The Balaban J connectivity index is 1.68. The number of hydrogen-bond acceptors (Lipinski definition) is 4. The standard InChI is InChI=1S/C26H24ClN3O4/c1-4-34-26(33)29(3)21-10-8-20(22(27)14-21)15-30-16(2)28-23-11-9-18(13-24(23)30)17-6-5-7-19(12-17)25(31)32/h5-14H,4,15H2,1-3H3,(H,31,32). The molecular formula is C26H24ClN3O4. The lowest BCUT2D eigenvalue weighted by molar-refractivity contribution is 0.0697. The molecule has 0 bridgehead atoms. The second kappa shape index (κ2) is 9.57. The maximum atomic E-state index is 12.0. The molecule has 0 aliphatic rings. The number of nitrogens with zero attached hydrogens (tertiary/aromatic N) is 3. The van der Waals surface area contributed by atoms with Gasteiger partial charge in [0.25, 0.3) is 0 Å². The number of aromatic carboxylic acids is 1. The Morgan fingerprint density at radius 1 is 1.09 bits per heavy atom. The molecule has 0 saturated heterocycles. The lowest BCUT2D eigenvalue weighted by atomic mass is 10.0. The minimum Gasteiger partial charge on any atom is -0.478 e. The molecule has 3 aromatic carbocycles. The van der Waals surface area contributed by atoms with Crippen molar-refractivity contribution >= 4 is 40.4 Å². The van der Waals surface area contributed by atoms with Gasteiger partial charge in [-0.25, -0.2) is 14.6 Å². The third kappa shape index (κ3) is 4.61. The summed E-state index contributed by atoms with van der Waals surface area (Å²) in [7, 11) is 1.64. The Bertz CT molecular complexity index is 1400. The number of amides is 1. The van der Waals surface area contributed by atoms with Crippen LogP contribution >= 0.6 is 11.6 Å². The molecule has 0 aliphatic carbocycles. The largest absolute Gasteiger partial charge is 0.478 e. The fourth-order valence-electron chi connectivity index (χ4n) is 3.82. The van der Waals surface area contributed by atoms with Gasteiger partial charge in [0.15, 0.2) is 0 Å². The van der Waals surface area contributed by atoms with Gasteiger partial charge in [-0.05, 0) is 66.9 Å². The van der Waals surface area contributed by atoms with Crippen LogP contribution in [0.4, 0.5) is 10.5 Å². The Morgan fingerprint density at radius 3 is 2.56 bits per heavy atom. The van der Waals surface area contributed by atoms with E-state index in [1.54, 1.807) is 38.2 Å². The molecule has 1 heterocycles. The number of carboxylic acids is 1. The topological polar surface area (TPSA) is 84.7 Å². The lowest BCUT2D eigenvalue weighted by Crippen LogP contribution is -2.27. The summed E-state index contributed by atoms with van der Waals surface area (Å²) < 4.78 is 7.11. The van der Waals surface area contributed by atoms with Gasteiger partial charge < -0.3 is 14.4 Å². The summed E-state index contributed by atoms with van der Waals surface area (Å²) in [6.45, 7) is 4.48. The van der Waals surface area contributed by atoms with Gasteiger partial charge in [-0.2, -0.15) is 0 Å². The molecule has 0 unspecified atom stereocenters. The van der Waals surface area contributed by atoms with Gasteiger partial charge in [0.05, 0.1) is 29.7 Å². The van der Waals surface area contributed by atoms with Crippen molar-refractivity contribution < 1.29 is 19.4 Å². The molecule has 0 fully saturated rings. The summed E-state index contributed by atoms with van der Waals surface area (Å²) >= 11 is 6.58. The first-order valence-electron chi connectivity index (χ1n) is 10.8. The first-order chi connectivity index (χ1) is 16.3. The van der Waals surface area contributed by atoms with E-state index >= 15 is 0 Å².